The lowest BCUT2D eigenvalue weighted by Crippen LogP contribution is -2.14. The lowest BCUT2D eigenvalue weighted by molar-refractivity contribution is 0.102. The summed E-state index contributed by atoms with van der Waals surface area (Å²) in [6.45, 7) is 0. The number of anilines is 1. The summed E-state index contributed by atoms with van der Waals surface area (Å²) in [5, 5.41) is 3.25. The van der Waals surface area contributed by atoms with E-state index in [0.29, 0.717) is 16.3 Å². The fourth-order valence-corrected chi connectivity index (χ4v) is 3.46. The summed E-state index contributed by atoms with van der Waals surface area (Å²) in [5.74, 6) is -0.909. The molecule has 122 valence electrons. The van der Waals surface area contributed by atoms with Crippen molar-refractivity contribution in [3.05, 3.63) is 78.2 Å². The highest BCUT2D eigenvalue weighted by Crippen LogP contribution is 2.31. The lowest BCUT2D eigenvalue weighted by atomic mass is 10.1. The van der Waals surface area contributed by atoms with Gasteiger partial charge in [-0.3, -0.25) is 9.78 Å². The number of carbonyl (C=O) groups is 1. The minimum absolute atomic E-state index is 0.131. The number of nitrogens with zero attached hydrogens (tertiary/aromatic N) is 2. The Morgan fingerprint density at radius 2 is 1.80 bits per heavy atom. The van der Waals surface area contributed by atoms with Crippen LogP contribution in [-0.4, -0.2) is 15.9 Å². The van der Waals surface area contributed by atoms with Crippen LogP contribution >= 0.6 is 11.3 Å². The molecule has 2 aromatic carbocycles. The quantitative estimate of drug-likeness (QED) is 0.581. The normalized spacial score (nSPS) is 10.8. The van der Waals surface area contributed by atoms with Gasteiger partial charge in [-0.2, -0.15) is 0 Å². The average Bonchev–Trinajstić information content (AvgIpc) is 3.07. The van der Waals surface area contributed by atoms with Gasteiger partial charge in [0.2, 0.25) is 0 Å². The second-order valence-corrected chi connectivity index (χ2v) is 6.35. The molecule has 0 saturated carbocycles. The number of carbonyl (C=O) groups excluding carboxylic acids is 1. The molecule has 1 N–H and O–H groups in total. The van der Waals surface area contributed by atoms with Crippen molar-refractivity contribution in [2.75, 3.05) is 5.32 Å². The average molecular weight is 349 g/mol. The van der Waals surface area contributed by atoms with E-state index < -0.39 is 11.7 Å². The number of aromatic nitrogens is 2. The highest BCUT2D eigenvalue weighted by atomic mass is 32.1. The van der Waals surface area contributed by atoms with E-state index in [-0.39, 0.29) is 5.69 Å². The van der Waals surface area contributed by atoms with Crippen molar-refractivity contribution >= 4 is 33.1 Å². The maximum atomic E-state index is 13.8. The van der Waals surface area contributed by atoms with Gasteiger partial charge in [-0.1, -0.05) is 24.3 Å². The maximum Gasteiger partial charge on any atom is 0.258 e. The lowest BCUT2D eigenvalue weighted by Gasteiger charge is -2.08. The first-order valence-electron chi connectivity index (χ1n) is 7.59. The van der Waals surface area contributed by atoms with Crippen LogP contribution < -0.4 is 5.32 Å². The van der Waals surface area contributed by atoms with Gasteiger partial charge in [0.25, 0.3) is 5.91 Å². The van der Waals surface area contributed by atoms with Crippen molar-refractivity contribution in [1.29, 1.82) is 0 Å². The Kier molecular flexibility index (Phi) is 3.95. The molecule has 2 aromatic heterocycles. The largest absolute Gasteiger partial charge is 0.319 e. The molecular formula is C19H12FN3OS. The Hall–Kier alpha value is -3.12. The third-order valence-electron chi connectivity index (χ3n) is 3.67. The number of halogens is 1. The molecule has 0 fully saturated rings. The molecule has 2 heterocycles. The molecule has 6 heteroatoms. The Bertz CT molecular complexity index is 1040. The van der Waals surface area contributed by atoms with Crippen LogP contribution in [0.3, 0.4) is 0 Å². The van der Waals surface area contributed by atoms with E-state index in [2.05, 4.69) is 15.3 Å². The molecule has 25 heavy (non-hydrogen) atoms. The zero-order valence-electron chi connectivity index (χ0n) is 12.9. The van der Waals surface area contributed by atoms with Crippen molar-refractivity contribution in [1.82, 2.24) is 9.97 Å². The first-order chi connectivity index (χ1) is 12.2. The topological polar surface area (TPSA) is 54.9 Å². The van der Waals surface area contributed by atoms with Crippen molar-refractivity contribution < 1.29 is 9.18 Å². The molecular weight excluding hydrogens is 337 g/mol. The van der Waals surface area contributed by atoms with Gasteiger partial charge in [0.1, 0.15) is 16.5 Å². The highest BCUT2D eigenvalue weighted by Gasteiger charge is 2.18. The Balaban J connectivity index is 1.74. The van der Waals surface area contributed by atoms with Crippen molar-refractivity contribution in [2.45, 2.75) is 0 Å². The molecule has 0 saturated heterocycles. The number of pyridine rings is 1. The molecule has 0 radical (unpaired) electrons. The van der Waals surface area contributed by atoms with Gasteiger partial charge in [0.15, 0.2) is 0 Å². The van der Waals surface area contributed by atoms with Crippen LogP contribution in [0, 0.1) is 5.82 Å². The Labute approximate surface area is 147 Å². The van der Waals surface area contributed by atoms with Crippen LogP contribution in [0.4, 0.5) is 10.1 Å². The molecule has 1 amide bonds. The molecule has 4 nitrogen and oxygen atoms in total. The fourth-order valence-electron chi connectivity index (χ4n) is 2.48. The maximum absolute atomic E-state index is 13.8. The van der Waals surface area contributed by atoms with E-state index in [1.54, 1.807) is 30.5 Å². The van der Waals surface area contributed by atoms with Crippen LogP contribution in [0.15, 0.2) is 66.9 Å². The van der Waals surface area contributed by atoms with E-state index in [0.717, 1.165) is 10.2 Å². The number of nitrogens with one attached hydrogen (secondary N) is 1. The number of amides is 1. The zero-order chi connectivity index (χ0) is 17.2. The summed E-state index contributed by atoms with van der Waals surface area (Å²) in [6.07, 6.45) is 1.61. The van der Waals surface area contributed by atoms with Gasteiger partial charge in [-0.25, -0.2) is 9.37 Å². The summed E-state index contributed by atoms with van der Waals surface area (Å²) in [6, 6.07) is 17.1. The third-order valence-corrected chi connectivity index (χ3v) is 4.71. The van der Waals surface area contributed by atoms with Crippen LogP contribution in [0.25, 0.3) is 20.9 Å². The second kappa shape index (κ2) is 6.41. The molecule has 0 aliphatic carbocycles. The van der Waals surface area contributed by atoms with Gasteiger partial charge in [-0.05, 0) is 36.4 Å². The summed E-state index contributed by atoms with van der Waals surface area (Å²) >= 11 is 1.46. The van der Waals surface area contributed by atoms with Crippen molar-refractivity contribution in [2.24, 2.45) is 0 Å². The van der Waals surface area contributed by atoms with E-state index >= 15 is 0 Å². The van der Waals surface area contributed by atoms with Gasteiger partial charge in [0.05, 0.1) is 21.5 Å². The van der Waals surface area contributed by atoms with Gasteiger partial charge < -0.3 is 5.32 Å². The summed E-state index contributed by atoms with van der Waals surface area (Å²) in [5.41, 5.74) is 1.82. The summed E-state index contributed by atoms with van der Waals surface area (Å²) < 4.78 is 14.8. The molecule has 4 aromatic rings. The SMILES string of the molecule is O=C(Nc1ccccc1F)c1cccnc1-c1nc2ccccc2s1. The summed E-state index contributed by atoms with van der Waals surface area (Å²) in [4.78, 5) is 21.5. The van der Waals surface area contributed by atoms with E-state index in [4.69, 9.17) is 0 Å². The molecule has 0 atom stereocenters. The molecule has 0 unspecified atom stereocenters. The van der Waals surface area contributed by atoms with E-state index in [1.807, 2.05) is 24.3 Å². The second-order valence-electron chi connectivity index (χ2n) is 5.32. The predicted octanol–water partition coefficient (Wildman–Crippen LogP) is 4.75. The van der Waals surface area contributed by atoms with Gasteiger partial charge in [0, 0.05) is 6.20 Å². The number of benzene rings is 2. The Morgan fingerprint density at radius 3 is 2.64 bits per heavy atom. The molecule has 0 bridgehead atoms. The monoisotopic (exact) mass is 349 g/mol. The predicted molar refractivity (Wildman–Crippen MR) is 97.2 cm³/mol. The van der Waals surface area contributed by atoms with Crippen LogP contribution in [0.2, 0.25) is 0 Å². The minimum atomic E-state index is -0.485. The molecule has 4 rings (SSSR count). The minimum Gasteiger partial charge on any atom is -0.319 e. The molecule has 0 spiro atoms. The zero-order valence-corrected chi connectivity index (χ0v) is 13.8. The number of rotatable bonds is 3. The van der Waals surface area contributed by atoms with Gasteiger partial charge >= 0.3 is 0 Å². The van der Waals surface area contributed by atoms with Crippen molar-refractivity contribution in [3.8, 4) is 10.7 Å². The highest BCUT2D eigenvalue weighted by molar-refractivity contribution is 7.21. The first kappa shape index (κ1) is 15.4. The van der Waals surface area contributed by atoms with Crippen LogP contribution in [0.1, 0.15) is 10.4 Å². The smallest absolute Gasteiger partial charge is 0.258 e. The van der Waals surface area contributed by atoms with Gasteiger partial charge in [-0.15, -0.1) is 11.3 Å². The first-order valence-corrected chi connectivity index (χ1v) is 8.41. The number of fused-ring (bicyclic) bond motifs is 1. The Morgan fingerprint density at radius 1 is 1.00 bits per heavy atom. The number of hydrogen-bond donors (Lipinski definition) is 1. The summed E-state index contributed by atoms with van der Waals surface area (Å²) in [7, 11) is 0. The number of para-hydroxylation sites is 2. The van der Waals surface area contributed by atoms with Crippen LogP contribution in [-0.2, 0) is 0 Å². The standard InChI is InChI=1S/C19H12FN3OS/c20-13-7-1-2-8-14(13)22-18(24)12-6-5-11-21-17(12)19-23-15-9-3-4-10-16(15)25-19/h1-11H,(H,22,24). The molecule has 0 aliphatic heterocycles. The molecule has 0 aliphatic rings. The third kappa shape index (κ3) is 2.99. The van der Waals surface area contributed by atoms with Crippen molar-refractivity contribution in [3.63, 3.8) is 0 Å². The van der Waals surface area contributed by atoms with Crippen LogP contribution in [0.5, 0.6) is 0 Å². The number of thiazole rings is 1. The fraction of sp³-hybridized carbons (Fsp3) is 0. The number of hydrogen-bond acceptors (Lipinski definition) is 4. The van der Waals surface area contributed by atoms with E-state index in [1.165, 1.54) is 23.5 Å². The van der Waals surface area contributed by atoms with E-state index in [9.17, 15) is 9.18 Å².